The summed E-state index contributed by atoms with van der Waals surface area (Å²) in [5, 5.41) is 1.12. The third-order valence-electron chi connectivity index (χ3n) is 2.61. The monoisotopic (exact) mass is 326 g/mol. The van der Waals surface area contributed by atoms with Gasteiger partial charge in [0.05, 0.1) is 10.3 Å². The first-order valence-corrected chi connectivity index (χ1v) is 7.55. The van der Waals surface area contributed by atoms with E-state index in [-0.39, 0.29) is 11.0 Å². The van der Waals surface area contributed by atoms with Crippen LogP contribution < -0.4 is 0 Å². The third kappa shape index (κ3) is 3.72. The molecule has 2 rings (SSSR count). The molecular weight excluding hydrogens is 315 g/mol. The first-order chi connectivity index (χ1) is 9.47. The van der Waals surface area contributed by atoms with Crippen molar-refractivity contribution in [1.82, 2.24) is 9.97 Å². The molecule has 0 bridgehead atoms. The van der Waals surface area contributed by atoms with Gasteiger partial charge in [-0.2, -0.15) is 0 Å². The molecule has 0 aliphatic heterocycles. The Labute approximate surface area is 131 Å². The molecule has 0 saturated carbocycles. The van der Waals surface area contributed by atoms with Crippen molar-refractivity contribution >= 4 is 40.7 Å². The minimum absolute atomic E-state index is 0.0687. The number of hydrogen-bond donors (Lipinski definition) is 0. The lowest BCUT2D eigenvalue weighted by Crippen LogP contribution is -2.14. The van der Waals surface area contributed by atoms with Crippen LogP contribution in [0.15, 0.2) is 35.7 Å². The Morgan fingerprint density at radius 2 is 1.90 bits per heavy atom. The van der Waals surface area contributed by atoms with Crippen molar-refractivity contribution in [3.63, 3.8) is 0 Å². The van der Waals surface area contributed by atoms with Gasteiger partial charge in [-0.1, -0.05) is 35.0 Å². The average molecular weight is 327 g/mol. The average Bonchev–Trinajstić information content (AvgIpc) is 2.40. The van der Waals surface area contributed by atoms with Crippen LogP contribution in [0.1, 0.15) is 22.8 Å². The molecule has 104 valence electrons. The molecule has 1 aromatic heterocycles. The van der Waals surface area contributed by atoms with Gasteiger partial charge in [0.15, 0.2) is 10.9 Å². The molecule has 20 heavy (non-hydrogen) atoms. The van der Waals surface area contributed by atoms with E-state index in [2.05, 4.69) is 9.97 Å². The molecule has 6 heteroatoms. The Kier molecular flexibility index (Phi) is 5.02. The third-order valence-corrected chi connectivity index (χ3v) is 4.14. The van der Waals surface area contributed by atoms with Crippen LogP contribution in [-0.2, 0) is 0 Å². The highest BCUT2D eigenvalue weighted by molar-refractivity contribution is 8.00. The number of aryl methyl sites for hydroxylation is 1. The zero-order valence-electron chi connectivity index (χ0n) is 10.9. The summed E-state index contributed by atoms with van der Waals surface area (Å²) >= 11 is 13.2. The lowest BCUT2D eigenvalue weighted by molar-refractivity contribution is 0.0994. The number of hydrogen-bond acceptors (Lipinski definition) is 4. The Hall–Kier alpha value is -1.10. The normalized spacial score (nSPS) is 12.2. The first-order valence-electron chi connectivity index (χ1n) is 5.92. The van der Waals surface area contributed by atoms with Crippen molar-refractivity contribution in [1.29, 1.82) is 0 Å². The van der Waals surface area contributed by atoms with E-state index in [0.29, 0.717) is 20.8 Å². The molecule has 0 N–H and O–H groups in total. The van der Waals surface area contributed by atoms with Gasteiger partial charge in [-0.15, -0.1) is 0 Å². The maximum Gasteiger partial charge on any atom is 0.188 e. The summed E-state index contributed by atoms with van der Waals surface area (Å²) in [5.41, 5.74) is 1.44. The lowest BCUT2D eigenvalue weighted by Gasteiger charge is -2.10. The Morgan fingerprint density at radius 1 is 1.25 bits per heavy atom. The molecule has 0 spiro atoms. The molecule has 0 amide bonds. The van der Waals surface area contributed by atoms with Gasteiger partial charge < -0.3 is 0 Å². The van der Waals surface area contributed by atoms with Crippen molar-refractivity contribution in [2.45, 2.75) is 24.3 Å². The number of rotatable bonds is 4. The molecule has 0 saturated heterocycles. The number of ketones is 1. The number of benzene rings is 1. The molecule has 1 heterocycles. The van der Waals surface area contributed by atoms with Crippen molar-refractivity contribution in [3.8, 4) is 0 Å². The van der Waals surface area contributed by atoms with Crippen molar-refractivity contribution < 1.29 is 4.79 Å². The maximum absolute atomic E-state index is 12.3. The standard InChI is InChI=1S/C14H12Cl2N2OS/c1-8-6-17-14(18-7-8)20-9(2)13(19)11-4-3-10(15)5-12(11)16/h3-7,9H,1-2H3. The minimum atomic E-state index is -0.323. The highest BCUT2D eigenvalue weighted by Crippen LogP contribution is 2.27. The largest absolute Gasteiger partial charge is 0.293 e. The molecule has 0 fully saturated rings. The maximum atomic E-state index is 12.3. The zero-order chi connectivity index (χ0) is 14.7. The second kappa shape index (κ2) is 6.57. The topological polar surface area (TPSA) is 42.9 Å². The van der Waals surface area contributed by atoms with Crippen LogP contribution >= 0.6 is 35.0 Å². The fourth-order valence-electron chi connectivity index (χ4n) is 1.56. The number of nitrogens with zero attached hydrogens (tertiary/aromatic N) is 2. The van der Waals surface area contributed by atoms with E-state index < -0.39 is 0 Å². The van der Waals surface area contributed by atoms with E-state index in [4.69, 9.17) is 23.2 Å². The van der Waals surface area contributed by atoms with Gasteiger partial charge >= 0.3 is 0 Å². The van der Waals surface area contributed by atoms with E-state index in [1.54, 1.807) is 37.5 Å². The van der Waals surface area contributed by atoms with Gasteiger partial charge in [0, 0.05) is 23.0 Å². The molecule has 1 aromatic carbocycles. The second-order valence-electron chi connectivity index (χ2n) is 4.29. The Morgan fingerprint density at radius 3 is 2.50 bits per heavy atom. The van der Waals surface area contributed by atoms with Crippen LogP contribution in [0.4, 0.5) is 0 Å². The summed E-state index contributed by atoms with van der Waals surface area (Å²) in [4.78, 5) is 20.7. The predicted octanol–water partition coefficient (Wildman–Crippen LogP) is 4.46. The molecule has 2 aromatic rings. The summed E-state index contributed by atoms with van der Waals surface area (Å²) in [6, 6.07) is 4.86. The van der Waals surface area contributed by atoms with Gasteiger partial charge in [0.1, 0.15) is 0 Å². The van der Waals surface area contributed by atoms with Gasteiger partial charge in [-0.05, 0) is 37.6 Å². The van der Waals surface area contributed by atoms with E-state index in [1.807, 2.05) is 6.92 Å². The van der Waals surface area contributed by atoms with Gasteiger partial charge in [0.2, 0.25) is 0 Å². The Balaban J connectivity index is 2.14. The van der Waals surface area contributed by atoms with Crippen LogP contribution in [0, 0.1) is 6.92 Å². The number of thioether (sulfide) groups is 1. The van der Waals surface area contributed by atoms with E-state index >= 15 is 0 Å². The summed E-state index contributed by atoms with van der Waals surface area (Å²) in [7, 11) is 0. The van der Waals surface area contributed by atoms with Crippen molar-refractivity contribution in [3.05, 3.63) is 51.8 Å². The summed E-state index contributed by atoms with van der Waals surface area (Å²) in [6.07, 6.45) is 3.45. The van der Waals surface area contributed by atoms with Crippen LogP contribution in [0.3, 0.4) is 0 Å². The summed E-state index contributed by atoms with van der Waals surface area (Å²) in [5.74, 6) is -0.0687. The van der Waals surface area contributed by atoms with Crippen LogP contribution in [0.2, 0.25) is 10.0 Å². The number of aromatic nitrogens is 2. The molecule has 3 nitrogen and oxygen atoms in total. The van der Waals surface area contributed by atoms with E-state index in [0.717, 1.165) is 5.56 Å². The van der Waals surface area contributed by atoms with Crippen molar-refractivity contribution in [2.24, 2.45) is 0 Å². The number of carbonyl (C=O) groups is 1. The highest BCUT2D eigenvalue weighted by atomic mass is 35.5. The molecular formula is C14H12Cl2N2OS. The summed E-state index contributed by atoms with van der Waals surface area (Å²) in [6.45, 7) is 3.72. The molecule has 0 aliphatic carbocycles. The fraction of sp³-hybridized carbons (Fsp3) is 0.214. The molecule has 1 atom stereocenters. The highest BCUT2D eigenvalue weighted by Gasteiger charge is 2.20. The van der Waals surface area contributed by atoms with E-state index in [9.17, 15) is 4.79 Å². The fourth-order valence-corrected chi connectivity index (χ4v) is 2.84. The van der Waals surface area contributed by atoms with Crippen LogP contribution in [0.5, 0.6) is 0 Å². The Bertz CT molecular complexity index is 632. The van der Waals surface area contributed by atoms with Gasteiger partial charge in [0.25, 0.3) is 0 Å². The van der Waals surface area contributed by atoms with E-state index in [1.165, 1.54) is 11.8 Å². The number of carbonyl (C=O) groups excluding carboxylic acids is 1. The number of Topliss-reactive ketones (excluding diaryl/α,β-unsaturated/α-hetero) is 1. The molecule has 1 unspecified atom stereocenters. The summed E-state index contributed by atoms with van der Waals surface area (Å²) < 4.78 is 0. The predicted molar refractivity (Wildman–Crippen MR) is 82.9 cm³/mol. The smallest absolute Gasteiger partial charge is 0.188 e. The van der Waals surface area contributed by atoms with Crippen LogP contribution in [-0.4, -0.2) is 21.0 Å². The van der Waals surface area contributed by atoms with Crippen LogP contribution in [0.25, 0.3) is 0 Å². The van der Waals surface area contributed by atoms with Gasteiger partial charge in [-0.25, -0.2) is 9.97 Å². The SMILES string of the molecule is Cc1cnc(SC(C)C(=O)c2ccc(Cl)cc2Cl)nc1. The molecule has 0 radical (unpaired) electrons. The molecule has 0 aliphatic rings. The second-order valence-corrected chi connectivity index (χ2v) is 6.44. The first kappa shape index (κ1) is 15.3. The number of halogens is 2. The zero-order valence-corrected chi connectivity index (χ0v) is 13.3. The minimum Gasteiger partial charge on any atom is -0.293 e. The van der Waals surface area contributed by atoms with Gasteiger partial charge in [-0.3, -0.25) is 4.79 Å². The quantitative estimate of drug-likeness (QED) is 0.472. The lowest BCUT2D eigenvalue weighted by atomic mass is 10.1. The van der Waals surface area contributed by atoms with Crippen molar-refractivity contribution in [2.75, 3.05) is 0 Å².